The fourth-order valence-corrected chi connectivity index (χ4v) is 4.36. The van der Waals surface area contributed by atoms with Crippen molar-refractivity contribution in [1.29, 1.82) is 0 Å². The van der Waals surface area contributed by atoms with Gasteiger partial charge in [0.25, 0.3) is 0 Å². The molecule has 6 heteroatoms. The van der Waals surface area contributed by atoms with Crippen molar-refractivity contribution in [3.05, 3.63) is 35.9 Å². The van der Waals surface area contributed by atoms with Crippen LogP contribution in [0.5, 0.6) is 0 Å². The minimum Gasteiger partial charge on any atom is -0.353 e. The molecule has 0 bridgehead atoms. The molecule has 0 spiro atoms. The van der Waals surface area contributed by atoms with Gasteiger partial charge in [0, 0.05) is 44.6 Å². The van der Waals surface area contributed by atoms with Gasteiger partial charge in [-0.2, -0.15) is 0 Å². The van der Waals surface area contributed by atoms with Gasteiger partial charge in [-0.05, 0) is 31.2 Å². The van der Waals surface area contributed by atoms with Gasteiger partial charge in [0.2, 0.25) is 17.7 Å². The Kier molecular flexibility index (Phi) is 7.29. The molecule has 6 nitrogen and oxygen atoms in total. The van der Waals surface area contributed by atoms with Crippen molar-refractivity contribution in [2.75, 3.05) is 19.6 Å². The zero-order valence-electron chi connectivity index (χ0n) is 17.6. The lowest BCUT2D eigenvalue weighted by Crippen LogP contribution is -2.49. The van der Waals surface area contributed by atoms with E-state index < -0.39 is 0 Å². The summed E-state index contributed by atoms with van der Waals surface area (Å²) < 4.78 is 0. The van der Waals surface area contributed by atoms with Crippen LogP contribution >= 0.6 is 0 Å². The smallest absolute Gasteiger partial charge is 0.225 e. The maximum Gasteiger partial charge on any atom is 0.225 e. The van der Waals surface area contributed by atoms with Gasteiger partial charge in [0.15, 0.2) is 0 Å². The average molecular weight is 400 g/mol. The van der Waals surface area contributed by atoms with Gasteiger partial charge in [-0.15, -0.1) is 0 Å². The van der Waals surface area contributed by atoms with Gasteiger partial charge in [-0.3, -0.25) is 14.4 Å². The molecule has 1 aromatic rings. The predicted molar refractivity (Wildman–Crippen MR) is 112 cm³/mol. The van der Waals surface area contributed by atoms with Crippen molar-refractivity contribution in [2.45, 2.75) is 58.5 Å². The fourth-order valence-electron chi connectivity index (χ4n) is 4.36. The third-order valence-corrected chi connectivity index (χ3v) is 6.29. The summed E-state index contributed by atoms with van der Waals surface area (Å²) in [6.07, 6.45) is 3.60. The summed E-state index contributed by atoms with van der Waals surface area (Å²) in [7, 11) is 0. The molecule has 2 saturated heterocycles. The summed E-state index contributed by atoms with van der Waals surface area (Å²) in [6.45, 7) is 6.55. The van der Waals surface area contributed by atoms with Crippen molar-refractivity contribution >= 4 is 17.7 Å². The standard InChI is InChI=1S/C23H33N3O3/c1-3-18(4-2)23(29)25-12-10-20(11-13-25)24-22(28)19-14-21(27)26(16-19)15-17-8-6-5-7-9-17/h5-9,18-20H,3-4,10-16H2,1-2H3,(H,24,28). The molecule has 3 rings (SSSR count). The second-order valence-electron chi connectivity index (χ2n) is 8.28. The monoisotopic (exact) mass is 399 g/mol. The van der Waals surface area contributed by atoms with Crippen molar-refractivity contribution in [1.82, 2.24) is 15.1 Å². The van der Waals surface area contributed by atoms with Crippen LogP contribution in [0.2, 0.25) is 0 Å². The van der Waals surface area contributed by atoms with Crippen LogP contribution in [0, 0.1) is 11.8 Å². The molecule has 0 radical (unpaired) electrons. The lowest BCUT2D eigenvalue weighted by atomic mass is 9.98. The Morgan fingerprint density at radius 1 is 1.10 bits per heavy atom. The van der Waals surface area contributed by atoms with Gasteiger partial charge in [0.05, 0.1) is 5.92 Å². The van der Waals surface area contributed by atoms with Crippen LogP contribution in [0.25, 0.3) is 0 Å². The van der Waals surface area contributed by atoms with Crippen molar-refractivity contribution in [3.63, 3.8) is 0 Å². The lowest BCUT2D eigenvalue weighted by Gasteiger charge is -2.34. The first-order valence-corrected chi connectivity index (χ1v) is 10.9. The third-order valence-electron chi connectivity index (χ3n) is 6.29. The van der Waals surface area contributed by atoms with Gasteiger partial charge in [-0.1, -0.05) is 44.2 Å². The number of hydrogen-bond acceptors (Lipinski definition) is 3. The van der Waals surface area contributed by atoms with Gasteiger partial charge in [-0.25, -0.2) is 0 Å². The van der Waals surface area contributed by atoms with Crippen LogP contribution in [0.1, 0.15) is 51.5 Å². The van der Waals surface area contributed by atoms with Crippen LogP contribution in [0.15, 0.2) is 30.3 Å². The number of nitrogens with one attached hydrogen (secondary N) is 1. The van der Waals surface area contributed by atoms with Gasteiger partial charge in [0.1, 0.15) is 0 Å². The van der Waals surface area contributed by atoms with E-state index in [0.29, 0.717) is 26.2 Å². The summed E-state index contributed by atoms with van der Waals surface area (Å²) in [5.74, 6) is 0.0904. The van der Waals surface area contributed by atoms with E-state index in [9.17, 15) is 14.4 Å². The maximum atomic E-state index is 12.7. The Morgan fingerprint density at radius 3 is 2.38 bits per heavy atom. The zero-order valence-corrected chi connectivity index (χ0v) is 17.6. The molecule has 1 N–H and O–H groups in total. The first-order valence-electron chi connectivity index (χ1n) is 10.9. The van der Waals surface area contributed by atoms with Gasteiger partial charge < -0.3 is 15.1 Å². The molecule has 3 amide bonds. The summed E-state index contributed by atoms with van der Waals surface area (Å²) in [4.78, 5) is 41.3. The van der Waals surface area contributed by atoms with Crippen molar-refractivity contribution in [2.24, 2.45) is 11.8 Å². The van der Waals surface area contributed by atoms with Crippen molar-refractivity contribution < 1.29 is 14.4 Å². The largest absolute Gasteiger partial charge is 0.353 e. The first kappa shape index (κ1) is 21.3. The third kappa shape index (κ3) is 5.37. The van der Waals surface area contributed by atoms with Crippen LogP contribution in [-0.4, -0.2) is 53.2 Å². The molecule has 0 aliphatic carbocycles. The zero-order chi connectivity index (χ0) is 20.8. The minimum absolute atomic E-state index is 0.0290. The molecule has 158 valence electrons. The SMILES string of the molecule is CCC(CC)C(=O)N1CCC(NC(=O)C2CC(=O)N(Cc3ccccc3)C2)CC1. The molecule has 1 atom stereocenters. The molecular weight excluding hydrogens is 366 g/mol. The second kappa shape index (κ2) is 9.90. The number of likely N-dealkylation sites (tertiary alicyclic amines) is 2. The highest BCUT2D eigenvalue weighted by Gasteiger charge is 2.35. The first-order chi connectivity index (χ1) is 14.0. The Hall–Kier alpha value is -2.37. The van der Waals surface area contributed by atoms with E-state index >= 15 is 0 Å². The summed E-state index contributed by atoms with van der Waals surface area (Å²) >= 11 is 0. The van der Waals surface area contributed by atoms with Crippen LogP contribution in [0.3, 0.4) is 0 Å². The molecule has 0 saturated carbocycles. The number of nitrogens with zero attached hydrogens (tertiary/aromatic N) is 2. The Morgan fingerprint density at radius 2 is 1.76 bits per heavy atom. The number of piperidine rings is 1. The molecule has 2 aliphatic heterocycles. The highest BCUT2D eigenvalue weighted by atomic mass is 16.2. The molecule has 1 aromatic carbocycles. The van der Waals surface area contributed by atoms with E-state index in [1.54, 1.807) is 4.90 Å². The van der Waals surface area contributed by atoms with E-state index in [2.05, 4.69) is 19.2 Å². The van der Waals surface area contributed by atoms with Crippen LogP contribution < -0.4 is 5.32 Å². The Labute approximate surface area is 173 Å². The predicted octanol–water partition coefficient (Wildman–Crippen LogP) is 2.58. The van der Waals surface area contributed by atoms with E-state index in [0.717, 1.165) is 31.2 Å². The Balaban J connectivity index is 1.45. The number of amides is 3. The average Bonchev–Trinajstić information content (AvgIpc) is 3.10. The van der Waals surface area contributed by atoms with Crippen LogP contribution in [-0.2, 0) is 20.9 Å². The Bertz CT molecular complexity index is 709. The van der Waals surface area contributed by atoms with E-state index in [-0.39, 0.29) is 42.0 Å². The van der Waals surface area contributed by atoms with E-state index in [1.807, 2.05) is 35.2 Å². The minimum atomic E-state index is -0.282. The molecule has 0 aromatic heterocycles. The van der Waals surface area contributed by atoms with Gasteiger partial charge >= 0.3 is 0 Å². The summed E-state index contributed by atoms with van der Waals surface area (Å²) in [5.41, 5.74) is 1.08. The molecule has 2 heterocycles. The maximum absolute atomic E-state index is 12.7. The number of carbonyl (C=O) groups excluding carboxylic acids is 3. The molecule has 1 unspecified atom stereocenters. The normalized spacial score (nSPS) is 20.4. The molecule has 2 aliphatic rings. The second-order valence-corrected chi connectivity index (χ2v) is 8.28. The van der Waals surface area contributed by atoms with Crippen molar-refractivity contribution in [3.8, 4) is 0 Å². The summed E-state index contributed by atoms with van der Waals surface area (Å²) in [6, 6.07) is 9.96. The molecule has 29 heavy (non-hydrogen) atoms. The van der Waals surface area contributed by atoms with E-state index in [4.69, 9.17) is 0 Å². The number of rotatable bonds is 7. The number of benzene rings is 1. The van der Waals surface area contributed by atoms with Crippen LogP contribution in [0.4, 0.5) is 0 Å². The highest BCUT2D eigenvalue weighted by molar-refractivity contribution is 5.89. The number of carbonyl (C=O) groups is 3. The number of hydrogen-bond donors (Lipinski definition) is 1. The highest BCUT2D eigenvalue weighted by Crippen LogP contribution is 2.22. The van der Waals surface area contributed by atoms with E-state index in [1.165, 1.54) is 0 Å². The summed E-state index contributed by atoms with van der Waals surface area (Å²) in [5, 5.41) is 3.13. The molecule has 2 fully saturated rings. The fraction of sp³-hybridized carbons (Fsp3) is 0.609. The lowest BCUT2D eigenvalue weighted by molar-refractivity contribution is -0.137. The molecular formula is C23H33N3O3. The topological polar surface area (TPSA) is 69.7 Å². The quantitative estimate of drug-likeness (QED) is 0.766.